The van der Waals surface area contributed by atoms with Crippen molar-refractivity contribution in [1.82, 2.24) is 0 Å². The van der Waals surface area contributed by atoms with E-state index in [9.17, 15) is 21.6 Å². The topological polar surface area (TPSA) is 84.0 Å². The summed E-state index contributed by atoms with van der Waals surface area (Å²) in [7, 11) is -5.33. The van der Waals surface area contributed by atoms with Crippen LogP contribution in [-0.4, -0.2) is 25.0 Å². The Morgan fingerprint density at radius 3 is 1.92 bits per heavy atom. The normalized spacial score (nSPS) is 15.7. The van der Waals surface area contributed by atoms with Gasteiger partial charge in [0.25, 0.3) is 9.84 Å². The average Bonchev–Trinajstić information content (AvgIpc) is 1.83. The van der Waals surface area contributed by atoms with Crippen molar-refractivity contribution in [1.29, 1.82) is 5.41 Å². The van der Waals surface area contributed by atoms with Crippen LogP contribution in [0, 0.1) is 5.41 Å². The summed E-state index contributed by atoms with van der Waals surface area (Å²) in [6.07, 6.45) is 0. The summed E-state index contributed by atoms with van der Waals surface area (Å²) in [6.45, 7) is 0.713. The zero-order valence-electron chi connectivity index (χ0n) is 6.01. The molecule has 0 heterocycles. The van der Waals surface area contributed by atoms with Crippen LogP contribution in [0.25, 0.3) is 0 Å². The lowest BCUT2D eigenvalue weighted by atomic mass is 10.4. The summed E-state index contributed by atoms with van der Waals surface area (Å²) in [5, 5.41) is 4.52. The van der Waals surface area contributed by atoms with Crippen LogP contribution in [0.1, 0.15) is 6.92 Å². The minimum Gasteiger partial charge on any atom is -0.387 e. The molecule has 0 saturated carbocycles. The van der Waals surface area contributed by atoms with Gasteiger partial charge in [0.15, 0.2) is 0 Å². The fourth-order valence-corrected chi connectivity index (χ4v) is 1.10. The van der Waals surface area contributed by atoms with E-state index in [1.54, 1.807) is 0 Å². The first-order valence-electron chi connectivity index (χ1n) is 2.74. The van der Waals surface area contributed by atoms with Crippen molar-refractivity contribution < 1.29 is 21.6 Å². The van der Waals surface area contributed by atoms with Crippen LogP contribution in [0.15, 0.2) is 0 Å². The highest BCUT2D eigenvalue weighted by Crippen LogP contribution is 2.26. The Labute approximate surface area is 67.0 Å². The molecule has 0 rings (SSSR count). The number of rotatable bonds is 2. The van der Waals surface area contributed by atoms with Crippen molar-refractivity contribution in [2.75, 3.05) is 0 Å². The maximum absolute atomic E-state index is 11.7. The summed E-state index contributed by atoms with van der Waals surface area (Å²) >= 11 is 0. The predicted molar refractivity (Wildman–Crippen MR) is 36.4 cm³/mol. The molecular formula is C4H7F3N2O2S. The van der Waals surface area contributed by atoms with Crippen molar-refractivity contribution in [2.24, 2.45) is 5.73 Å². The molecule has 0 fully saturated rings. The van der Waals surface area contributed by atoms with E-state index in [0.717, 1.165) is 0 Å². The molecule has 3 N–H and O–H groups in total. The van der Waals surface area contributed by atoms with E-state index < -0.39 is 26.4 Å². The second kappa shape index (κ2) is 2.92. The zero-order valence-corrected chi connectivity index (χ0v) is 6.83. The Kier molecular flexibility index (Phi) is 2.73. The fourth-order valence-electron chi connectivity index (χ4n) is 0.368. The van der Waals surface area contributed by atoms with E-state index in [-0.39, 0.29) is 0 Å². The highest BCUT2D eigenvalue weighted by atomic mass is 32.2. The van der Waals surface area contributed by atoms with Gasteiger partial charge in [0.2, 0.25) is 0 Å². The predicted octanol–water partition coefficient (Wildman–Crippen LogP) is 0.245. The lowest BCUT2D eigenvalue weighted by Gasteiger charge is -2.13. The zero-order chi connectivity index (χ0) is 10.2. The number of halogens is 3. The molecule has 0 aliphatic carbocycles. The first kappa shape index (κ1) is 11.2. The molecule has 72 valence electrons. The van der Waals surface area contributed by atoms with Crippen molar-refractivity contribution in [2.45, 2.75) is 17.7 Å². The van der Waals surface area contributed by atoms with Gasteiger partial charge in [0, 0.05) is 0 Å². The summed E-state index contributed by atoms with van der Waals surface area (Å²) in [6, 6.07) is 0. The van der Waals surface area contributed by atoms with E-state index in [1.807, 2.05) is 0 Å². The van der Waals surface area contributed by atoms with E-state index in [2.05, 4.69) is 5.73 Å². The van der Waals surface area contributed by atoms with Gasteiger partial charge in [-0.05, 0) is 6.92 Å². The highest BCUT2D eigenvalue weighted by Gasteiger charge is 2.49. The number of alkyl halides is 3. The summed E-state index contributed by atoms with van der Waals surface area (Å²) < 4.78 is 56.0. The molecule has 12 heavy (non-hydrogen) atoms. The standard InChI is InChI=1S/C4H7F3N2O2S/c1-2(3(8)9)12(10,11)4(5,6)7/h2H,1H3,(H3,8,9). The monoisotopic (exact) mass is 204 g/mol. The molecule has 0 aromatic carbocycles. The minimum atomic E-state index is -5.35. The first-order valence-corrected chi connectivity index (χ1v) is 4.29. The Balaban J connectivity index is 5.03. The van der Waals surface area contributed by atoms with Crippen LogP contribution in [0.3, 0.4) is 0 Å². The van der Waals surface area contributed by atoms with Gasteiger partial charge >= 0.3 is 5.51 Å². The smallest absolute Gasteiger partial charge is 0.387 e. The van der Waals surface area contributed by atoms with Gasteiger partial charge < -0.3 is 5.73 Å². The van der Waals surface area contributed by atoms with Crippen molar-refractivity contribution >= 4 is 15.7 Å². The van der Waals surface area contributed by atoms with E-state index in [1.165, 1.54) is 0 Å². The van der Waals surface area contributed by atoms with E-state index in [0.29, 0.717) is 6.92 Å². The lowest BCUT2D eigenvalue weighted by molar-refractivity contribution is -0.0438. The average molecular weight is 204 g/mol. The molecule has 0 saturated heterocycles. The maximum atomic E-state index is 11.7. The first-order chi connectivity index (χ1) is 5.10. The molecule has 0 bridgehead atoms. The quantitative estimate of drug-likeness (QED) is 0.499. The maximum Gasteiger partial charge on any atom is 0.498 e. The number of nitrogens with one attached hydrogen (secondary N) is 1. The molecule has 0 spiro atoms. The van der Waals surface area contributed by atoms with Crippen LogP contribution in [0.5, 0.6) is 0 Å². The third-order valence-electron chi connectivity index (χ3n) is 1.23. The molecule has 0 aromatic rings. The molecule has 1 atom stereocenters. The Bertz CT molecular complexity index is 281. The molecule has 8 heteroatoms. The molecule has 4 nitrogen and oxygen atoms in total. The van der Waals surface area contributed by atoms with Crippen LogP contribution in [0.2, 0.25) is 0 Å². The van der Waals surface area contributed by atoms with Gasteiger partial charge in [-0.15, -0.1) is 0 Å². The van der Waals surface area contributed by atoms with Crippen molar-refractivity contribution in [3.05, 3.63) is 0 Å². The molecule has 1 unspecified atom stereocenters. The Morgan fingerprint density at radius 2 is 1.83 bits per heavy atom. The Hall–Kier alpha value is -0.790. The second-order valence-corrected chi connectivity index (χ2v) is 4.35. The number of hydrogen-bond donors (Lipinski definition) is 2. The summed E-state index contributed by atoms with van der Waals surface area (Å²) in [4.78, 5) is 0. The summed E-state index contributed by atoms with van der Waals surface area (Å²) in [5.41, 5.74) is -0.726. The van der Waals surface area contributed by atoms with Crippen molar-refractivity contribution in [3.63, 3.8) is 0 Å². The van der Waals surface area contributed by atoms with Gasteiger partial charge in [-0.2, -0.15) is 13.2 Å². The number of amidine groups is 1. The Morgan fingerprint density at radius 1 is 1.50 bits per heavy atom. The molecule has 0 amide bonds. The van der Waals surface area contributed by atoms with Gasteiger partial charge in [-0.25, -0.2) is 8.42 Å². The van der Waals surface area contributed by atoms with E-state index in [4.69, 9.17) is 5.41 Å². The van der Waals surface area contributed by atoms with Crippen molar-refractivity contribution in [3.8, 4) is 0 Å². The largest absolute Gasteiger partial charge is 0.498 e. The lowest BCUT2D eigenvalue weighted by Crippen LogP contribution is -2.40. The number of hydrogen-bond acceptors (Lipinski definition) is 3. The molecule has 0 aliphatic rings. The van der Waals surface area contributed by atoms with Crippen LogP contribution in [0.4, 0.5) is 13.2 Å². The third kappa shape index (κ3) is 1.87. The van der Waals surface area contributed by atoms with Gasteiger partial charge in [0.1, 0.15) is 11.1 Å². The molecule has 0 radical (unpaired) electrons. The van der Waals surface area contributed by atoms with Crippen LogP contribution in [-0.2, 0) is 9.84 Å². The third-order valence-corrected chi connectivity index (χ3v) is 3.06. The molecule has 0 aromatic heterocycles. The van der Waals surface area contributed by atoms with Gasteiger partial charge in [-0.1, -0.05) is 0 Å². The van der Waals surface area contributed by atoms with Crippen LogP contribution < -0.4 is 5.73 Å². The van der Waals surface area contributed by atoms with Gasteiger partial charge in [-0.3, -0.25) is 5.41 Å². The van der Waals surface area contributed by atoms with E-state index >= 15 is 0 Å². The molecular weight excluding hydrogens is 197 g/mol. The number of sulfone groups is 1. The van der Waals surface area contributed by atoms with Crippen LogP contribution >= 0.6 is 0 Å². The fraction of sp³-hybridized carbons (Fsp3) is 0.750. The van der Waals surface area contributed by atoms with Gasteiger partial charge in [0.05, 0.1) is 0 Å². The minimum absolute atomic E-state index is 0.713. The number of nitrogens with two attached hydrogens (primary N) is 1. The molecule has 0 aliphatic heterocycles. The summed E-state index contributed by atoms with van der Waals surface area (Å²) in [5.74, 6) is -1.02. The SMILES string of the molecule is CC(C(=N)N)S(=O)(=O)C(F)(F)F. The highest BCUT2D eigenvalue weighted by molar-refractivity contribution is 7.93. The second-order valence-electron chi connectivity index (χ2n) is 2.09.